The number of allylic oxidation sites excluding steroid dienone is 1. The third kappa shape index (κ3) is 4.01. The van der Waals surface area contributed by atoms with Crippen LogP contribution in [-0.4, -0.2) is 25.5 Å². The average Bonchev–Trinajstić information content (AvgIpc) is 2.36. The number of benzene rings is 1. The topological polar surface area (TPSA) is 78.6 Å². The summed E-state index contributed by atoms with van der Waals surface area (Å²) in [5, 5.41) is 0. The molecule has 0 saturated heterocycles. The first-order valence-electron chi connectivity index (χ1n) is 5.94. The Kier molecular flexibility index (Phi) is 5.40. The van der Waals surface area contributed by atoms with Crippen molar-refractivity contribution in [1.82, 2.24) is 0 Å². The number of esters is 1. The van der Waals surface area contributed by atoms with Crippen LogP contribution < -0.4 is 10.5 Å². The summed E-state index contributed by atoms with van der Waals surface area (Å²) >= 11 is 0. The fourth-order valence-corrected chi connectivity index (χ4v) is 1.58. The van der Waals surface area contributed by atoms with E-state index in [9.17, 15) is 18.4 Å². The first-order valence-corrected chi connectivity index (χ1v) is 5.94. The van der Waals surface area contributed by atoms with Crippen LogP contribution >= 0.6 is 0 Å². The van der Waals surface area contributed by atoms with Crippen LogP contribution in [0.4, 0.5) is 8.78 Å². The molecule has 0 amide bonds. The molecule has 114 valence electrons. The van der Waals surface area contributed by atoms with Gasteiger partial charge in [0.05, 0.1) is 12.7 Å². The molecule has 5 nitrogen and oxygen atoms in total. The van der Waals surface area contributed by atoms with Crippen molar-refractivity contribution >= 4 is 11.8 Å². The van der Waals surface area contributed by atoms with E-state index < -0.39 is 23.2 Å². The monoisotopic (exact) mass is 299 g/mol. The molecule has 2 N–H and O–H groups in total. The Balaban J connectivity index is 3.00. The number of hydrogen-bond acceptors (Lipinski definition) is 5. The van der Waals surface area contributed by atoms with Crippen molar-refractivity contribution in [3.05, 3.63) is 40.6 Å². The molecule has 0 saturated carbocycles. The Morgan fingerprint density at radius 3 is 2.10 bits per heavy atom. The van der Waals surface area contributed by atoms with E-state index in [-0.39, 0.29) is 29.4 Å². The lowest BCUT2D eigenvalue weighted by Crippen LogP contribution is -2.14. The van der Waals surface area contributed by atoms with Gasteiger partial charge in [0.25, 0.3) is 0 Å². The van der Waals surface area contributed by atoms with Crippen LogP contribution in [0.2, 0.25) is 0 Å². The van der Waals surface area contributed by atoms with Crippen molar-refractivity contribution < 1.29 is 27.8 Å². The zero-order valence-electron chi connectivity index (χ0n) is 11.8. The maximum Gasteiger partial charge on any atom is 0.343 e. The van der Waals surface area contributed by atoms with Crippen LogP contribution in [0.1, 0.15) is 24.2 Å². The predicted molar refractivity (Wildman–Crippen MR) is 70.8 cm³/mol. The Hall–Kier alpha value is -2.44. The van der Waals surface area contributed by atoms with Gasteiger partial charge in [0.2, 0.25) is 0 Å². The lowest BCUT2D eigenvalue weighted by atomic mass is 10.1. The van der Waals surface area contributed by atoms with Gasteiger partial charge < -0.3 is 15.2 Å². The van der Waals surface area contributed by atoms with Gasteiger partial charge in [-0.15, -0.1) is 0 Å². The number of nitrogens with two attached hydrogens (primary N) is 1. The van der Waals surface area contributed by atoms with Gasteiger partial charge in [-0.05, 0) is 13.8 Å². The lowest BCUT2D eigenvalue weighted by Gasteiger charge is -2.11. The van der Waals surface area contributed by atoms with Crippen LogP contribution in [-0.2, 0) is 9.53 Å². The summed E-state index contributed by atoms with van der Waals surface area (Å²) in [6, 6.07) is 1.66. The molecule has 0 aliphatic carbocycles. The molecule has 1 aromatic rings. The molecule has 0 radical (unpaired) electrons. The van der Waals surface area contributed by atoms with E-state index >= 15 is 0 Å². The SMILES string of the molecule is COC(=O)c1c(F)cc(OC/C(C(C)=O)=C(\C)N)cc1F. The van der Waals surface area contributed by atoms with E-state index in [1.807, 2.05) is 0 Å². The van der Waals surface area contributed by atoms with E-state index in [1.54, 1.807) is 0 Å². The highest BCUT2D eigenvalue weighted by Crippen LogP contribution is 2.22. The molecule has 0 fully saturated rings. The minimum Gasteiger partial charge on any atom is -0.488 e. The fourth-order valence-electron chi connectivity index (χ4n) is 1.58. The number of ketones is 1. The number of halogens is 2. The number of Topliss-reactive ketones (excluding diaryl/α,β-unsaturated/α-hetero) is 1. The van der Waals surface area contributed by atoms with E-state index in [2.05, 4.69) is 4.74 Å². The molecule has 0 aliphatic heterocycles. The zero-order valence-corrected chi connectivity index (χ0v) is 11.8. The van der Waals surface area contributed by atoms with Gasteiger partial charge in [-0.3, -0.25) is 4.79 Å². The highest BCUT2D eigenvalue weighted by molar-refractivity contribution is 5.94. The highest BCUT2D eigenvalue weighted by Gasteiger charge is 2.20. The van der Waals surface area contributed by atoms with Gasteiger partial charge in [-0.25, -0.2) is 13.6 Å². The molecule has 0 aromatic heterocycles. The van der Waals surface area contributed by atoms with Crippen molar-refractivity contribution in [1.29, 1.82) is 0 Å². The van der Waals surface area contributed by atoms with Gasteiger partial charge in [0.1, 0.15) is 29.6 Å². The smallest absolute Gasteiger partial charge is 0.343 e. The van der Waals surface area contributed by atoms with Gasteiger partial charge in [0, 0.05) is 17.8 Å². The molecule has 0 bridgehead atoms. The summed E-state index contributed by atoms with van der Waals surface area (Å²) in [5.41, 5.74) is 5.17. The Morgan fingerprint density at radius 1 is 1.19 bits per heavy atom. The average molecular weight is 299 g/mol. The summed E-state index contributed by atoms with van der Waals surface area (Å²) < 4.78 is 36.7. The Bertz CT molecular complexity index is 584. The van der Waals surface area contributed by atoms with E-state index in [1.165, 1.54) is 13.8 Å². The van der Waals surface area contributed by atoms with E-state index in [0.717, 1.165) is 19.2 Å². The molecule has 7 heteroatoms. The maximum absolute atomic E-state index is 13.7. The molecule has 21 heavy (non-hydrogen) atoms. The molecule has 1 aromatic carbocycles. The van der Waals surface area contributed by atoms with Crippen LogP contribution in [0.3, 0.4) is 0 Å². The van der Waals surface area contributed by atoms with Crippen molar-refractivity contribution in [3.63, 3.8) is 0 Å². The number of ether oxygens (including phenoxy) is 2. The van der Waals surface area contributed by atoms with Crippen molar-refractivity contribution in [2.75, 3.05) is 13.7 Å². The predicted octanol–water partition coefficient (Wildman–Crippen LogP) is 1.95. The zero-order chi connectivity index (χ0) is 16.2. The Labute approximate surface area is 120 Å². The molecular weight excluding hydrogens is 284 g/mol. The van der Waals surface area contributed by atoms with Gasteiger partial charge in [-0.2, -0.15) is 0 Å². The molecule has 0 unspecified atom stereocenters. The third-order valence-electron chi connectivity index (χ3n) is 2.69. The van der Waals surface area contributed by atoms with Crippen LogP contribution in [0.15, 0.2) is 23.4 Å². The first kappa shape index (κ1) is 16.6. The van der Waals surface area contributed by atoms with Crippen LogP contribution in [0.25, 0.3) is 0 Å². The van der Waals surface area contributed by atoms with E-state index in [0.29, 0.717) is 0 Å². The molecule has 1 rings (SSSR count). The second-order valence-electron chi connectivity index (χ2n) is 4.26. The summed E-state index contributed by atoms with van der Waals surface area (Å²) in [7, 11) is 1.01. The standard InChI is InChI=1S/C14H15F2NO4/c1-7(17)10(8(2)18)6-21-9-4-11(15)13(12(16)5-9)14(19)20-3/h4-5H,6,17H2,1-3H3/b10-7-. The quantitative estimate of drug-likeness (QED) is 0.664. The van der Waals surface area contributed by atoms with Crippen molar-refractivity contribution in [2.45, 2.75) is 13.8 Å². The number of hydrogen-bond donors (Lipinski definition) is 1. The van der Waals surface area contributed by atoms with E-state index in [4.69, 9.17) is 10.5 Å². The summed E-state index contributed by atoms with van der Waals surface area (Å²) in [4.78, 5) is 22.5. The molecule has 0 heterocycles. The van der Waals surface area contributed by atoms with Crippen molar-refractivity contribution in [3.8, 4) is 5.75 Å². The van der Waals surface area contributed by atoms with Gasteiger partial charge in [0.15, 0.2) is 5.78 Å². The highest BCUT2D eigenvalue weighted by atomic mass is 19.1. The van der Waals surface area contributed by atoms with Gasteiger partial charge >= 0.3 is 5.97 Å². The fraction of sp³-hybridized carbons (Fsp3) is 0.286. The summed E-state index contributed by atoms with van der Waals surface area (Å²) in [5.74, 6) is -3.83. The second-order valence-corrected chi connectivity index (χ2v) is 4.26. The summed E-state index contributed by atoms with van der Waals surface area (Å²) in [6.45, 7) is 2.59. The number of carbonyl (C=O) groups excluding carboxylic acids is 2. The normalized spacial score (nSPS) is 11.7. The van der Waals surface area contributed by atoms with Crippen molar-refractivity contribution in [2.24, 2.45) is 5.73 Å². The number of carbonyl (C=O) groups is 2. The van der Waals surface area contributed by atoms with Gasteiger partial charge in [-0.1, -0.05) is 0 Å². The Morgan fingerprint density at radius 2 is 1.71 bits per heavy atom. The van der Waals surface area contributed by atoms with Crippen LogP contribution in [0, 0.1) is 11.6 Å². The third-order valence-corrected chi connectivity index (χ3v) is 2.69. The second kappa shape index (κ2) is 6.83. The largest absolute Gasteiger partial charge is 0.488 e. The molecule has 0 atom stereocenters. The molecule has 0 spiro atoms. The number of rotatable bonds is 5. The first-order chi connectivity index (χ1) is 9.77. The minimum atomic E-state index is -1.13. The maximum atomic E-state index is 13.7. The molecule has 0 aliphatic rings. The number of methoxy groups -OCH3 is 1. The lowest BCUT2D eigenvalue weighted by molar-refractivity contribution is -0.114. The summed E-state index contributed by atoms with van der Waals surface area (Å²) in [6.07, 6.45) is 0. The minimum absolute atomic E-state index is 0.169. The molecular formula is C14H15F2NO4. The van der Waals surface area contributed by atoms with Crippen LogP contribution in [0.5, 0.6) is 5.75 Å².